The summed E-state index contributed by atoms with van der Waals surface area (Å²) in [6.45, 7) is 0. The Kier molecular flexibility index (Phi) is 3.68. The molecule has 0 bridgehead atoms. The van der Waals surface area contributed by atoms with Crippen LogP contribution in [0.2, 0.25) is 0 Å². The SMILES string of the molecule is N#CC(c1cccc2ccccc12)C(O)c1ccccc1. The molecule has 3 rings (SSSR count). The highest BCUT2D eigenvalue weighted by Gasteiger charge is 2.23. The Labute approximate surface area is 123 Å². The molecule has 0 aliphatic heterocycles. The highest BCUT2D eigenvalue weighted by atomic mass is 16.3. The maximum atomic E-state index is 10.6. The molecule has 2 atom stereocenters. The van der Waals surface area contributed by atoms with Gasteiger partial charge in [0.05, 0.1) is 12.2 Å². The zero-order chi connectivity index (χ0) is 14.7. The molecule has 2 unspecified atom stereocenters. The van der Waals surface area contributed by atoms with Crippen LogP contribution in [0.1, 0.15) is 23.1 Å². The molecule has 1 N–H and O–H groups in total. The van der Waals surface area contributed by atoms with Gasteiger partial charge in [0.2, 0.25) is 0 Å². The smallest absolute Gasteiger partial charge is 0.102 e. The molecule has 0 amide bonds. The first-order valence-electron chi connectivity index (χ1n) is 6.91. The maximum Gasteiger partial charge on any atom is 0.102 e. The molecule has 3 aromatic carbocycles. The van der Waals surface area contributed by atoms with E-state index in [0.29, 0.717) is 0 Å². The summed E-state index contributed by atoms with van der Waals surface area (Å²) in [5.74, 6) is -0.585. The lowest BCUT2D eigenvalue weighted by molar-refractivity contribution is 0.164. The van der Waals surface area contributed by atoms with Crippen LogP contribution >= 0.6 is 0 Å². The predicted octanol–water partition coefficient (Wildman–Crippen LogP) is 4.18. The summed E-state index contributed by atoms with van der Waals surface area (Å²) in [4.78, 5) is 0. The second-order valence-corrected chi connectivity index (χ2v) is 5.03. The van der Waals surface area contributed by atoms with Gasteiger partial charge < -0.3 is 5.11 Å². The van der Waals surface area contributed by atoms with E-state index in [9.17, 15) is 10.4 Å². The van der Waals surface area contributed by atoms with Crippen molar-refractivity contribution in [2.45, 2.75) is 12.0 Å². The molecular formula is C19H15NO. The van der Waals surface area contributed by atoms with Gasteiger partial charge in [0.1, 0.15) is 5.92 Å². The lowest BCUT2D eigenvalue weighted by Crippen LogP contribution is -2.09. The fourth-order valence-corrected chi connectivity index (χ4v) is 2.67. The Morgan fingerprint density at radius 3 is 2.24 bits per heavy atom. The molecule has 3 aromatic rings. The summed E-state index contributed by atoms with van der Waals surface area (Å²) in [5.41, 5.74) is 1.63. The Morgan fingerprint density at radius 1 is 0.810 bits per heavy atom. The number of rotatable bonds is 3. The van der Waals surface area contributed by atoms with Crippen LogP contribution in [0.3, 0.4) is 0 Å². The van der Waals surface area contributed by atoms with Crippen molar-refractivity contribution >= 4 is 10.8 Å². The van der Waals surface area contributed by atoms with Crippen LogP contribution in [0, 0.1) is 11.3 Å². The van der Waals surface area contributed by atoms with E-state index in [1.54, 1.807) is 0 Å². The van der Waals surface area contributed by atoms with Crippen molar-refractivity contribution in [3.63, 3.8) is 0 Å². The molecule has 2 heteroatoms. The lowest BCUT2D eigenvalue weighted by Gasteiger charge is -2.19. The van der Waals surface area contributed by atoms with Gasteiger partial charge in [0.15, 0.2) is 0 Å². The average Bonchev–Trinajstić information content (AvgIpc) is 2.56. The summed E-state index contributed by atoms with van der Waals surface area (Å²) in [5, 5.41) is 22.2. The summed E-state index contributed by atoms with van der Waals surface area (Å²) in [7, 11) is 0. The minimum Gasteiger partial charge on any atom is -0.387 e. The minimum absolute atomic E-state index is 0.585. The van der Waals surface area contributed by atoms with Crippen LogP contribution in [0.25, 0.3) is 10.8 Å². The Morgan fingerprint density at radius 2 is 1.48 bits per heavy atom. The average molecular weight is 273 g/mol. The zero-order valence-electron chi connectivity index (χ0n) is 11.5. The van der Waals surface area contributed by atoms with Gasteiger partial charge in [-0.25, -0.2) is 0 Å². The van der Waals surface area contributed by atoms with Crippen molar-refractivity contribution in [3.8, 4) is 6.07 Å². The quantitative estimate of drug-likeness (QED) is 0.778. The third-order valence-corrected chi connectivity index (χ3v) is 3.75. The van der Waals surface area contributed by atoms with Gasteiger partial charge in [0.25, 0.3) is 0 Å². The predicted molar refractivity (Wildman–Crippen MR) is 83.7 cm³/mol. The number of nitriles is 1. The van der Waals surface area contributed by atoms with Gasteiger partial charge in [0, 0.05) is 0 Å². The van der Waals surface area contributed by atoms with E-state index in [-0.39, 0.29) is 0 Å². The van der Waals surface area contributed by atoms with Crippen molar-refractivity contribution in [2.24, 2.45) is 0 Å². The normalized spacial score (nSPS) is 13.5. The van der Waals surface area contributed by atoms with Gasteiger partial charge in [-0.15, -0.1) is 0 Å². The van der Waals surface area contributed by atoms with E-state index in [2.05, 4.69) is 6.07 Å². The van der Waals surface area contributed by atoms with Crippen LogP contribution in [0.5, 0.6) is 0 Å². The monoisotopic (exact) mass is 273 g/mol. The van der Waals surface area contributed by atoms with Crippen molar-refractivity contribution in [1.29, 1.82) is 5.26 Å². The highest BCUT2D eigenvalue weighted by molar-refractivity contribution is 5.86. The first-order valence-corrected chi connectivity index (χ1v) is 6.91. The van der Waals surface area contributed by atoms with Gasteiger partial charge in [-0.1, -0.05) is 72.8 Å². The standard InChI is InChI=1S/C19H15NO/c20-13-18(19(21)15-8-2-1-3-9-15)17-12-6-10-14-7-4-5-11-16(14)17/h1-12,18-19,21H. The molecule has 0 radical (unpaired) electrons. The molecule has 2 nitrogen and oxygen atoms in total. The fourth-order valence-electron chi connectivity index (χ4n) is 2.67. The van der Waals surface area contributed by atoms with Crippen molar-refractivity contribution < 1.29 is 5.11 Å². The maximum absolute atomic E-state index is 10.6. The largest absolute Gasteiger partial charge is 0.387 e. The van der Waals surface area contributed by atoms with Crippen LogP contribution in [-0.2, 0) is 0 Å². The summed E-state index contributed by atoms with van der Waals surface area (Å²) in [6, 6.07) is 25.4. The van der Waals surface area contributed by atoms with Gasteiger partial charge in [-0.05, 0) is 21.9 Å². The Bertz CT molecular complexity index is 784. The molecule has 0 spiro atoms. The van der Waals surface area contributed by atoms with E-state index in [0.717, 1.165) is 21.9 Å². The molecular weight excluding hydrogens is 258 g/mol. The van der Waals surface area contributed by atoms with Crippen LogP contribution < -0.4 is 0 Å². The van der Waals surface area contributed by atoms with Gasteiger partial charge in [-0.2, -0.15) is 5.26 Å². The second-order valence-electron chi connectivity index (χ2n) is 5.03. The van der Waals surface area contributed by atoms with Crippen molar-refractivity contribution in [1.82, 2.24) is 0 Å². The molecule has 0 aliphatic carbocycles. The molecule has 0 aliphatic rings. The topological polar surface area (TPSA) is 44.0 Å². The van der Waals surface area contributed by atoms with E-state index in [4.69, 9.17) is 0 Å². The van der Waals surface area contributed by atoms with E-state index in [1.165, 1.54) is 0 Å². The van der Waals surface area contributed by atoms with Crippen LogP contribution in [0.15, 0.2) is 72.8 Å². The Hall–Kier alpha value is -2.63. The molecule has 102 valence electrons. The van der Waals surface area contributed by atoms with Crippen LogP contribution in [0.4, 0.5) is 0 Å². The second kappa shape index (κ2) is 5.78. The number of aliphatic hydroxyl groups is 1. The molecule has 0 saturated heterocycles. The molecule has 0 aromatic heterocycles. The van der Waals surface area contributed by atoms with E-state index < -0.39 is 12.0 Å². The van der Waals surface area contributed by atoms with Gasteiger partial charge in [-0.3, -0.25) is 0 Å². The fraction of sp³-hybridized carbons (Fsp3) is 0.105. The summed E-state index contributed by atoms with van der Waals surface area (Å²) >= 11 is 0. The first-order chi connectivity index (χ1) is 10.3. The molecule has 21 heavy (non-hydrogen) atoms. The summed E-state index contributed by atoms with van der Waals surface area (Å²) < 4.78 is 0. The third-order valence-electron chi connectivity index (χ3n) is 3.75. The number of benzene rings is 3. The number of fused-ring (bicyclic) bond motifs is 1. The van der Waals surface area contributed by atoms with E-state index in [1.807, 2.05) is 72.8 Å². The first kappa shape index (κ1) is 13.4. The minimum atomic E-state index is -0.831. The number of nitrogens with zero attached hydrogens (tertiary/aromatic N) is 1. The third kappa shape index (κ3) is 2.52. The molecule has 0 fully saturated rings. The van der Waals surface area contributed by atoms with Gasteiger partial charge >= 0.3 is 0 Å². The van der Waals surface area contributed by atoms with Crippen LogP contribution in [-0.4, -0.2) is 5.11 Å². The number of aliphatic hydroxyl groups excluding tert-OH is 1. The van der Waals surface area contributed by atoms with Crippen molar-refractivity contribution in [3.05, 3.63) is 83.9 Å². The Balaban J connectivity index is 2.09. The molecule has 0 heterocycles. The lowest BCUT2D eigenvalue weighted by atomic mass is 9.87. The number of hydrogen-bond acceptors (Lipinski definition) is 2. The zero-order valence-corrected chi connectivity index (χ0v) is 11.5. The van der Waals surface area contributed by atoms with Crippen molar-refractivity contribution in [2.75, 3.05) is 0 Å². The highest BCUT2D eigenvalue weighted by Crippen LogP contribution is 2.34. The summed E-state index contributed by atoms with van der Waals surface area (Å²) in [6.07, 6.45) is -0.831. The van der Waals surface area contributed by atoms with E-state index >= 15 is 0 Å². The molecule has 0 saturated carbocycles. The number of hydrogen-bond donors (Lipinski definition) is 1.